The highest BCUT2D eigenvalue weighted by Crippen LogP contribution is 2.06. The fourth-order valence-corrected chi connectivity index (χ4v) is 1.15. The van der Waals surface area contributed by atoms with Crippen molar-refractivity contribution in [3.63, 3.8) is 0 Å². The number of ether oxygens (including phenoxy) is 2. The first-order valence-corrected chi connectivity index (χ1v) is 5.60. The van der Waals surface area contributed by atoms with Gasteiger partial charge in [0.25, 0.3) is 0 Å². The molecule has 0 saturated heterocycles. The van der Waals surface area contributed by atoms with E-state index in [-0.39, 0.29) is 5.84 Å². The van der Waals surface area contributed by atoms with E-state index >= 15 is 0 Å². The molecule has 1 aromatic rings. The molecule has 0 saturated carbocycles. The van der Waals surface area contributed by atoms with E-state index in [1.54, 1.807) is 12.1 Å². The Morgan fingerprint density at radius 2 is 2.18 bits per heavy atom. The van der Waals surface area contributed by atoms with Gasteiger partial charge >= 0.3 is 0 Å². The molecule has 17 heavy (non-hydrogen) atoms. The Labute approximate surface area is 101 Å². The van der Waals surface area contributed by atoms with Crippen LogP contribution in [0.5, 0.6) is 5.88 Å². The van der Waals surface area contributed by atoms with Gasteiger partial charge in [0.15, 0.2) is 0 Å². The Morgan fingerprint density at radius 3 is 2.71 bits per heavy atom. The first kappa shape index (κ1) is 13.4. The van der Waals surface area contributed by atoms with Crippen molar-refractivity contribution in [2.75, 3.05) is 19.8 Å². The summed E-state index contributed by atoms with van der Waals surface area (Å²) in [6.07, 6.45) is 1.52. The second kappa shape index (κ2) is 6.85. The number of nitrogens with two attached hydrogens (primary N) is 1. The Kier molecular flexibility index (Phi) is 5.42. The van der Waals surface area contributed by atoms with E-state index < -0.39 is 0 Å². The van der Waals surface area contributed by atoms with Gasteiger partial charge in [0.2, 0.25) is 5.88 Å². The Hall–Kier alpha value is -1.62. The van der Waals surface area contributed by atoms with E-state index in [1.807, 2.05) is 0 Å². The van der Waals surface area contributed by atoms with E-state index in [2.05, 4.69) is 18.8 Å². The van der Waals surface area contributed by atoms with Crippen LogP contribution in [0, 0.1) is 11.3 Å². The number of nitrogens with zero attached hydrogens (tertiary/aromatic N) is 1. The number of nitrogen functional groups attached to an aromatic ring is 1. The Bertz CT molecular complexity index is 349. The van der Waals surface area contributed by atoms with Crippen LogP contribution in [0.25, 0.3) is 0 Å². The zero-order valence-corrected chi connectivity index (χ0v) is 10.3. The molecule has 0 aliphatic heterocycles. The van der Waals surface area contributed by atoms with Gasteiger partial charge in [-0.25, -0.2) is 4.98 Å². The van der Waals surface area contributed by atoms with Crippen molar-refractivity contribution < 1.29 is 9.47 Å². The number of pyridine rings is 1. The van der Waals surface area contributed by atoms with Crippen molar-refractivity contribution in [1.82, 2.24) is 4.98 Å². The van der Waals surface area contributed by atoms with Crippen molar-refractivity contribution in [2.24, 2.45) is 11.7 Å². The molecule has 1 rings (SSSR count). The standard InChI is InChI=1S/C12H19N3O2/c1-9(2)8-16-5-6-17-11-4-3-10(7-15-11)12(13)14/h3-4,7,9H,5-6,8H2,1-2H3,(H3,13,14). The predicted molar refractivity (Wildman–Crippen MR) is 66.4 cm³/mol. The maximum Gasteiger partial charge on any atom is 0.213 e. The van der Waals surface area contributed by atoms with Crippen LogP contribution in [0.15, 0.2) is 18.3 Å². The van der Waals surface area contributed by atoms with Crippen LogP contribution in [-0.4, -0.2) is 30.6 Å². The minimum atomic E-state index is 0.00400. The zero-order valence-electron chi connectivity index (χ0n) is 10.3. The monoisotopic (exact) mass is 237 g/mol. The highest BCUT2D eigenvalue weighted by Gasteiger charge is 1.99. The maximum absolute atomic E-state index is 7.22. The van der Waals surface area contributed by atoms with Gasteiger partial charge in [-0.15, -0.1) is 0 Å². The predicted octanol–water partition coefficient (Wildman–Crippen LogP) is 1.42. The molecule has 0 atom stereocenters. The van der Waals surface area contributed by atoms with Gasteiger partial charge in [0, 0.05) is 24.4 Å². The van der Waals surface area contributed by atoms with Gasteiger partial charge in [-0.3, -0.25) is 5.41 Å². The molecule has 5 heteroatoms. The number of hydrogen-bond donors (Lipinski definition) is 2. The number of amidine groups is 1. The molecule has 3 N–H and O–H groups in total. The largest absolute Gasteiger partial charge is 0.475 e. The molecule has 0 amide bonds. The summed E-state index contributed by atoms with van der Waals surface area (Å²) in [5.74, 6) is 1.05. The second-order valence-corrected chi connectivity index (χ2v) is 4.12. The first-order valence-electron chi connectivity index (χ1n) is 5.60. The summed E-state index contributed by atoms with van der Waals surface area (Å²) in [5.41, 5.74) is 5.91. The molecule has 5 nitrogen and oxygen atoms in total. The number of nitrogens with one attached hydrogen (secondary N) is 1. The highest BCUT2D eigenvalue weighted by molar-refractivity contribution is 5.94. The van der Waals surface area contributed by atoms with Crippen LogP contribution in [0.2, 0.25) is 0 Å². The van der Waals surface area contributed by atoms with Gasteiger partial charge < -0.3 is 15.2 Å². The smallest absolute Gasteiger partial charge is 0.213 e. The van der Waals surface area contributed by atoms with Crippen LogP contribution in [0.1, 0.15) is 19.4 Å². The lowest BCUT2D eigenvalue weighted by Gasteiger charge is -2.08. The molecule has 0 fully saturated rings. The van der Waals surface area contributed by atoms with E-state index in [9.17, 15) is 0 Å². The quantitative estimate of drug-likeness (QED) is 0.427. The summed E-state index contributed by atoms with van der Waals surface area (Å²) < 4.78 is 10.7. The minimum Gasteiger partial charge on any atom is -0.475 e. The maximum atomic E-state index is 7.22. The topological polar surface area (TPSA) is 81.2 Å². The van der Waals surface area contributed by atoms with E-state index in [1.165, 1.54) is 6.20 Å². The number of rotatable bonds is 7. The van der Waals surface area contributed by atoms with Crippen molar-refractivity contribution in [2.45, 2.75) is 13.8 Å². The second-order valence-electron chi connectivity index (χ2n) is 4.12. The van der Waals surface area contributed by atoms with Crippen molar-refractivity contribution in [3.05, 3.63) is 23.9 Å². The van der Waals surface area contributed by atoms with Crippen LogP contribution < -0.4 is 10.5 Å². The van der Waals surface area contributed by atoms with Gasteiger partial charge in [-0.1, -0.05) is 13.8 Å². The van der Waals surface area contributed by atoms with Crippen molar-refractivity contribution >= 4 is 5.84 Å². The van der Waals surface area contributed by atoms with Gasteiger partial charge in [0.05, 0.1) is 6.61 Å². The minimum absolute atomic E-state index is 0.00400. The summed E-state index contributed by atoms with van der Waals surface area (Å²) in [6, 6.07) is 3.40. The lowest BCUT2D eigenvalue weighted by molar-refractivity contribution is 0.0806. The van der Waals surface area contributed by atoms with E-state index in [0.29, 0.717) is 30.6 Å². The van der Waals surface area contributed by atoms with Crippen molar-refractivity contribution in [3.8, 4) is 5.88 Å². The number of hydrogen-bond acceptors (Lipinski definition) is 4. The molecular weight excluding hydrogens is 218 g/mol. The molecule has 0 aromatic carbocycles. The molecule has 94 valence electrons. The molecule has 0 unspecified atom stereocenters. The average molecular weight is 237 g/mol. The third kappa shape index (κ3) is 5.31. The third-order valence-corrected chi connectivity index (χ3v) is 1.98. The van der Waals surface area contributed by atoms with Crippen molar-refractivity contribution in [1.29, 1.82) is 5.41 Å². The summed E-state index contributed by atoms with van der Waals surface area (Å²) in [6.45, 7) is 5.96. The van der Waals surface area contributed by atoms with E-state index in [4.69, 9.17) is 20.6 Å². The molecule has 0 bridgehead atoms. The lowest BCUT2D eigenvalue weighted by atomic mass is 10.2. The summed E-state index contributed by atoms with van der Waals surface area (Å²) >= 11 is 0. The fourth-order valence-electron chi connectivity index (χ4n) is 1.15. The summed E-state index contributed by atoms with van der Waals surface area (Å²) in [4.78, 5) is 4.03. The average Bonchev–Trinajstić information content (AvgIpc) is 2.29. The molecule has 0 aliphatic rings. The van der Waals surface area contributed by atoms with Crippen LogP contribution in [0.4, 0.5) is 0 Å². The SMILES string of the molecule is CC(C)COCCOc1ccc(C(=N)N)cn1. The Morgan fingerprint density at radius 1 is 1.41 bits per heavy atom. The molecule has 0 spiro atoms. The first-order chi connectivity index (χ1) is 8.09. The van der Waals surface area contributed by atoms with Crippen LogP contribution in [-0.2, 0) is 4.74 Å². The van der Waals surface area contributed by atoms with Gasteiger partial charge in [-0.05, 0) is 12.0 Å². The molecule has 0 aliphatic carbocycles. The molecule has 1 aromatic heterocycles. The van der Waals surface area contributed by atoms with Gasteiger partial charge in [0.1, 0.15) is 12.4 Å². The highest BCUT2D eigenvalue weighted by atomic mass is 16.5. The van der Waals surface area contributed by atoms with Gasteiger partial charge in [-0.2, -0.15) is 0 Å². The molecule has 0 radical (unpaired) electrons. The zero-order chi connectivity index (χ0) is 12.7. The van der Waals surface area contributed by atoms with Crippen LogP contribution >= 0.6 is 0 Å². The summed E-state index contributed by atoms with van der Waals surface area (Å²) in [5, 5.41) is 7.22. The lowest BCUT2D eigenvalue weighted by Crippen LogP contribution is -2.12. The fraction of sp³-hybridized carbons (Fsp3) is 0.500. The third-order valence-electron chi connectivity index (χ3n) is 1.98. The molecule has 1 heterocycles. The molecular formula is C12H19N3O2. The van der Waals surface area contributed by atoms with Crippen LogP contribution in [0.3, 0.4) is 0 Å². The van der Waals surface area contributed by atoms with E-state index in [0.717, 1.165) is 6.61 Å². The Balaban J connectivity index is 2.25. The summed E-state index contributed by atoms with van der Waals surface area (Å²) in [7, 11) is 0. The number of aromatic nitrogens is 1. The normalized spacial score (nSPS) is 10.5.